The average Bonchev–Trinajstić information content (AvgIpc) is 2.45. The van der Waals surface area contributed by atoms with Crippen LogP contribution in [-0.2, 0) is 26.8 Å². The molecule has 6 atom stereocenters. The van der Waals surface area contributed by atoms with Crippen molar-refractivity contribution < 1.29 is 56.6 Å². The molecule has 12 nitrogen and oxygen atoms in total. The van der Waals surface area contributed by atoms with E-state index in [2.05, 4.69) is 13.1 Å². The molecule has 0 amide bonds. The Balaban J connectivity index is 2.63. The van der Waals surface area contributed by atoms with Crippen molar-refractivity contribution >= 4 is 23.5 Å². The van der Waals surface area contributed by atoms with E-state index in [1.165, 1.54) is 0 Å². The number of hydrogen-bond donors (Lipinski definition) is 2. The Labute approximate surface area is 125 Å². The first-order valence-electron chi connectivity index (χ1n) is 5.80. The molecule has 0 saturated heterocycles. The van der Waals surface area contributed by atoms with Gasteiger partial charge in [-0.3, -0.25) is 13.4 Å². The molecule has 132 valence electrons. The third-order valence-electron chi connectivity index (χ3n) is 2.95. The second kappa shape index (κ2) is 7.06. The van der Waals surface area contributed by atoms with Gasteiger partial charge in [0.15, 0.2) is 0 Å². The highest BCUT2D eigenvalue weighted by Crippen LogP contribution is 2.60. The number of phosphoric acid groups is 3. The molecule has 1 rings (SSSR count). The lowest BCUT2D eigenvalue weighted by molar-refractivity contribution is -0.339. The van der Waals surface area contributed by atoms with Gasteiger partial charge < -0.3 is 38.9 Å². The van der Waals surface area contributed by atoms with Crippen LogP contribution in [0.1, 0.15) is 13.3 Å². The molecule has 1 saturated carbocycles. The fourth-order valence-corrected chi connectivity index (χ4v) is 4.91. The van der Waals surface area contributed by atoms with Crippen LogP contribution in [0.3, 0.4) is 0 Å². The van der Waals surface area contributed by atoms with Crippen molar-refractivity contribution in [3.63, 3.8) is 0 Å². The van der Waals surface area contributed by atoms with E-state index < -0.39 is 48.2 Å². The van der Waals surface area contributed by atoms with Crippen molar-refractivity contribution in [2.45, 2.75) is 25.6 Å². The van der Waals surface area contributed by atoms with Gasteiger partial charge in [-0.2, -0.15) is 0 Å². The fourth-order valence-electron chi connectivity index (χ4n) is 2.02. The van der Waals surface area contributed by atoms with Gasteiger partial charge in [-0.05, 0) is 12.3 Å². The fraction of sp³-hybridized carbons (Fsp3) is 1.00. The molecule has 0 bridgehead atoms. The number of aliphatic hydroxyl groups is 2. The van der Waals surface area contributed by atoms with E-state index >= 15 is 0 Å². The average molecular weight is 382 g/mol. The lowest BCUT2D eigenvalue weighted by Gasteiger charge is -2.37. The van der Waals surface area contributed by atoms with E-state index in [4.69, 9.17) is 0 Å². The third kappa shape index (κ3) is 6.45. The molecule has 0 aromatic heterocycles. The molecule has 22 heavy (non-hydrogen) atoms. The smallest absolute Gasteiger partial charge is 0.278 e. The zero-order valence-corrected chi connectivity index (χ0v) is 13.7. The molecule has 0 spiro atoms. The van der Waals surface area contributed by atoms with E-state index in [-0.39, 0.29) is 12.3 Å². The molecule has 0 aromatic carbocycles. The Morgan fingerprint density at radius 2 is 1.59 bits per heavy atom. The summed E-state index contributed by atoms with van der Waals surface area (Å²) in [6.07, 6.45) is -1.99. The van der Waals surface area contributed by atoms with Crippen molar-refractivity contribution in [1.29, 1.82) is 0 Å². The van der Waals surface area contributed by atoms with Crippen LogP contribution < -0.4 is 19.6 Å². The van der Waals surface area contributed by atoms with Crippen molar-refractivity contribution in [1.82, 2.24) is 0 Å². The van der Waals surface area contributed by atoms with Crippen LogP contribution in [0, 0.1) is 11.8 Å². The molecule has 0 aliphatic heterocycles. The number of aliphatic hydroxyl groups excluding tert-OH is 2. The summed E-state index contributed by atoms with van der Waals surface area (Å²) in [5, 5.41) is 19.3. The largest absolute Gasteiger partial charge is 0.790 e. The normalized spacial score (nSPS) is 35.0. The summed E-state index contributed by atoms with van der Waals surface area (Å²) in [7, 11) is -17.6. The van der Waals surface area contributed by atoms with Crippen LogP contribution in [0.25, 0.3) is 0 Å². The molecular weight excluding hydrogens is 369 g/mol. The van der Waals surface area contributed by atoms with Crippen LogP contribution in [0.15, 0.2) is 0 Å². The summed E-state index contributed by atoms with van der Waals surface area (Å²) >= 11 is 0. The lowest BCUT2D eigenvalue weighted by Crippen LogP contribution is -2.29. The Bertz CT molecular complexity index is 529. The van der Waals surface area contributed by atoms with E-state index in [0.29, 0.717) is 0 Å². The molecule has 1 fully saturated rings. The standard InChI is InChI=1S/C7H17O12P3/c1-4-2-6(8)5(7(4)9)3-17-21(13,14)19-22(15,16)18-20(10,11)12/h4-9H,2-3H2,1H3,(H,13,14)(H,15,16)(H2,10,11,12)/p-4. The molecular formula is C7H13O12P3-4. The molecule has 0 heterocycles. The summed E-state index contributed by atoms with van der Waals surface area (Å²) in [6.45, 7) is 0.792. The SMILES string of the molecule is CC1CC(O)C(COP(=O)([O-])OP(=O)([O-])OP(=O)([O-])[O-])C1O. The van der Waals surface area contributed by atoms with E-state index in [9.17, 15) is 43.5 Å². The summed E-state index contributed by atoms with van der Waals surface area (Å²) in [5.41, 5.74) is 0. The Morgan fingerprint density at radius 3 is 2.00 bits per heavy atom. The first-order chi connectivity index (χ1) is 9.72. The number of hydrogen-bond acceptors (Lipinski definition) is 12. The summed E-state index contributed by atoms with van der Waals surface area (Å²) in [4.78, 5) is 42.4. The number of rotatable bonds is 7. The molecule has 6 unspecified atom stereocenters. The third-order valence-corrected chi connectivity index (χ3v) is 6.62. The van der Waals surface area contributed by atoms with Gasteiger partial charge in [-0.1, -0.05) is 6.92 Å². The molecule has 1 aliphatic carbocycles. The Hall–Kier alpha value is 0.330. The van der Waals surface area contributed by atoms with E-state index in [0.717, 1.165) is 0 Å². The van der Waals surface area contributed by atoms with Crippen molar-refractivity contribution in [2.75, 3.05) is 6.61 Å². The minimum atomic E-state index is -6.04. The van der Waals surface area contributed by atoms with Gasteiger partial charge in [-0.15, -0.1) is 0 Å². The summed E-state index contributed by atoms with van der Waals surface area (Å²) in [6, 6.07) is 0. The van der Waals surface area contributed by atoms with Crippen LogP contribution in [-0.4, -0.2) is 29.0 Å². The maximum atomic E-state index is 11.3. The summed E-state index contributed by atoms with van der Waals surface area (Å²) < 4.78 is 42.8. The number of phosphoric ester groups is 1. The molecule has 0 aromatic rings. The van der Waals surface area contributed by atoms with Gasteiger partial charge in [0, 0.05) is 5.92 Å². The van der Waals surface area contributed by atoms with Crippen molar-refractivity contribution in [2.24, 2.45) is 11.8 Å². The molecule has 1 aliphatic rings. The minimum absolute atomic E-state index is 0.178. The molecule has 0 radical (unpaired) electrons. The first-order valence-corrected chi connectivity index (χ1v) is 10.2. The molecule has 2 N–H and O–H groups in total. The van der Waals surface area contributed by atoms with Gasteiger partial charge >= 0.3 is 0 Å². The van der Waals surface area contributed by atoms with Gasteiger partial charge in [0.2, 0.25) is 0 Å². The Morgan fingerprint density at radius 1 is 1.05 bits per heavy atom. The highest BCUT2D eigenvalue weighted by Gasteiger charge is 2.40. The highest BCUT2D eigenvalue weighted by molar-refractivity contribution is 7.64. The van der Waals surface area contributed by atoms with Crippen LogP contribution in [0.4, 0.5) is 0 Å². The summed E-state index contributed by atoms with van der Waals surface area (Å²) in [5.74, 6) is -1.35. The second-order valence-corrected chi connectivity index (χ2v) is 8.98. The van der Waals surface area contributed by atoms with Gasteiger partial charge in [0.1, 0.15) is 0 Å². The van der Waals surface area contributed by atoms with Gasteiger partial charge in [-0.25, -0.2) is 4.31 Å². The van der Waals surface area contributed by atoms with E-state index in [1.807, 2.05) is 0 Å². The van der Waals surface area contributed by atoms with Crippen LogP contribution in [0.5, 0.6) is 0 Å². The predicted octanol–water partition coefficient (Wildman–Crippen LogP) is -2.82. The van der Waals surface area contributed by atoms with Crippen molar-refractivity contribution in [3.05, 3.63) is 0 Å². The first kappa shape index (κ1) is 20.4. The van der Waals surface area contributed by atoms with Gasteiger partial charge in [0.05, 0.1) is 26.6 Å². The monoisotopic (exact) mass is 382 g/mol. The molecule has 15 heteroatoms. The maximum Gasteiger partial charge on any atom is 0.278 e. The van der Waals surface area contributed by atoms with Crippen LogP contribution >= 0.6 is 23.5 Å². The topological polar surface area (TPSA) is 212 Å². The van der Waals surface area contributed by atoms with Gasteiger partial charge in [0.25, 0.3) is 15.6 Å². The Kier molecular flexibility index (Phi) is 6.54. The van der Waals surface area contributed by atoms with E-state index in [1.54, 1.807) is 6.92 Å². The minimum Gasteiger partial charge on any atom is -0.790 e. The quantitative estimate of drug-likeness (QED) is 0.427. The predicted molar refractivity (Wildman–Crippen MR) is 60.2 cm³/mol. The second-order valence-electron chi connectivity index (χ2n) is 4.74. The highest BCUT2D eigenvalue weighted by atomic mass is 31.3. The zero-order valence-electron chi connectivity index (χ0n) is 11.0. The van der Waals surface area contributed by atoms with Crippen molar-refractivity contribution in [3.8, 4) is 0 Å². The zero-order chi connectivity index (χ0) is 17.3. The van der Waals surface area contributed by atoms with Crippen LogP contribution in [0.2, 0.25) is 0 Å². The maximum absolute atomic E-state index is 11.3. The lowest BCUT2D eigenvalue weighted by atomic mass is 10.0.